The molecular weight excluding hydrogens is 285 g/mol. The fourth-order valence-electron chi connectivity index (χ4n) is 1.29. The van der Waals surface area contributed by atoms with E-state index >= 15 is 0 Å². The van der Waals surface area contributed by atoms with Gasteiger partial charge in [0.05, 0.1) is 4.90 Å². The van der Waals surface area contributed by atoms with Crippen LogP contribution in [0.15, 0.2) is 17.0 Å². The minimum absolute atomic E-state index is 0.142. The summed E-state index contributed by atoms with van der Waals surface area (Å²) in [5, 5.41) is 0.192. The molecule has 0 radical (unpaired) electrons. The molecule has 1 rings (SSSR count). The Balaban J connectivity index is 3.50. The van der Waals surface area contributed by atoms with Crippen LogP contribution in [-0.2, 0) is 9.05 Å². The van der Waals surface area contributed by atoms with Crippen molar-refractivity contribution in [1.82, 2.24) is 4.90 Å². The van der Waals surface area contributed by atoms with Crippen molar-refractivity contribution in [2.45, 2.75) is 11.8 Å². The average molecular weight is 296 g/mol. The summed E-state index contributed by atoms with van der Waals surface area (Å²) >= 11 is 5.88. The predicted octanol–water partition coefficient (Wildman–Crippen LogP) is 2.28. The van der Waals surface area contributed by atoms with Gasteiger partial charge in [0.2, 0.25) is 0 Å². The summed E-state index contributed by atoms with van der Waals surface area (Å²) in [6, 6.07) is 2.65. The zero-order valence-electron chi connectivity index (χ0n) is 9.49. The summed E-state index contributed by atoms with van der Waals surface area (Å²) in [7, 11) is 4.48. The lowest BCUT2D eigenvalue weighted by Gasteiger charge is -2.12. The van der Waals surface area contributed by atoms with E-state index in [9.17, 15) is 13.2 Å². The van der Waals surface area contributed by atoms with E-state index in [1.165, 1.54) is 24.0 Å². The Hall–Kier alpha value is -0.780. The molecule has 0 unspecified atom stereocenters. The number of amides is 1. The molecule has 1 amide bonds. The molecule has 0 spiro atoms. The zero-order chi connectivity index (χ0) is 13.4. The number of halogens is 2. The van der Waals surface area contributed by atoms with Crippen LogP contribution in [0.1, 0.15) is 15.9 Å². The number of benzene rings is 1. The molecule has 0 heterocycles. The van der Waals surface area contributed by atoms with E-state index in [-0.39, 0.29) is 21.4 Å². The summed E-state index contributed by atoms with van der Waals surface area (Å²) in [5.41, 5.74) is 0.516. The molecule has 7 heteroatoms. The summed E-state index contributed by atoms with van der Waals surface area (Å²) in [6.45, 7) is 1.53. The van der Waals surface area contributed by atoms with Gasteiger partial charge in [-0.05, 0) is 24.6 Å². The number of carbonyl (C=O) groups excluding carboxylic acids is 1. The van der Waals surface area contributed by atoms with Gasteiger partial charge in [-0.15, -0.1) is 0 Å². The molecule has 94 valence electrons. The van der Waals surface area contributed by atoms with E-state index in [1.807, 2.05) is 0 Å². The van der Waals surface area contributed by atoms with Gasteiger partial charge in [-0.25, -0.2) is 8.42 Å². The fourth-order valence-corrected chi connectivity index (χ4v) is 2.79. The van der Waals surface area contributed by atoms with E-state index in [1.54, 1.807) is 14.1 Å². The van der Waals surface area contributed by atoms with E-state index < -0.39 is 9.05 Å². The average Bonchev–Trinajstić information content (AvgIpc) is 2.18. The first-order valence-corrected chi connectivity index (χ1v) is 7.29. The minimum atomic E-state index is -3.92. The molecule has 1 aromatic rings. The van der Waals surface area contributed by atoms with Crippen LogP contribution >= 0.6 is 22.3 Å². The SMILES string of the molecule is Cc1c(Cl)cc(C(=O)N(C)C)cc1S(=O)(=O)Cl. The molecule has 0 N–H and O–H groups in total. The van der Waals surface area contributed by atoms with E-state index in [4.69, 9.17) is 22.3 Å². The van der Waals surface area contributed by atoms with Crippen LogP contribution in [-0.4, -0.2) is 33.3 Å². The third-order valence-electron chi connectivity index (χ3n) is 2.21. The minimum Gasteiger partial charge on any atom is -0.345 e. The summed E-state index contributed by atoms with van der Waals surface area (Å²) in [5.74, 6) is -0.339. The quantitative estimate of drug-likeness (QED) is 0.787. The Morgan fingerprint density at radius 2 is 1.82 bits per heavy atom. The van der Waals surface area contributed by atoms with E-state index in [0.717, 1.165) is 0 Å². The monoisotopic (exact) mass is 295 g/mol. The highest BCUT2D eigenvalue weighted by Gasteiger charge is 2.20. The van der Waals surface area contributed by atoms with Crippen LogP contribution in [0.2, 0.25) is 5.02 Å². The number of carbonyl (C=O) groups is 1. The standard InChI is InChI=1S/C10H11Cl2NO3S/c1-6-8(11)4-7(10(14)13(2)3)5-9(6)17(12,15)16/h4-5H,1-3H3. The van der Waals surface area contributed by atoms with Crippen LogP contribution in [0.4, 0.5) is 0 Å². The van der Waals surface area contributed by atoms with Crippen molar-refractivity contribution in [2.75, 3.05) is 14.1 Å². The largest absolute Gasteiger partial charge is 0.345 e. The van der Waals surface area contributed by atoms with Crippen LogP contribution in [0, 0.1) is 6.92 Å². The Labute approximate surface area is 110 Å². The van der Waals surface area contributed by atoms with Crippen molar-refractivity contribution >= 4 is 37.2 Å². The van der Waals surface area contributed by atoms with Gasteiger partial charge in [0.15, 0.2) is 0 Å². The third kappa shape index (κ3) is 3.12. The topological polar surface area (TPSA) is 54.5 Å². The molecular formula is C10H11Cl2NO3S. The lowest BCUT2D eigenvalue weighted by Crippen LogP contribution is -2.22. The third-order valence-corrected chi connectivity index (χ3v) is 4.05. The lowest BCUT2D eigenvalue weighted by molar-refractivity contribution is 0.0827. The molecule has 0 fully saturated rings. The van der Waals surface area contributed by atoms with Crippen LogP contribution in [0.3, 0.4) is 0 Å². The van der Waals surface area contributed by atoms with Gasteiger partial charge >= 0.3 is 0 Å². The molecule has 17 heavy (non-hydrogen) atoms. The van der Waals surface area contributed by atoms with Gasteiger partial charge in [-0.2, -0.15) is 0 Å². The van der Waals surface area contributed by atoms with E-state index in [0.29, 0.717) is 5.56 Å². The van der Waals surface area contributed by atoms with Gasteiger partial charge in [0.1, 0.15) is 0 Å². The number of nitrogens with zero attached hydrogens (tertiary/aromatic N) is 1. The van der Waals surface area contributed by atoms with Gasteiger partial charge < -0.3 is 4.90 Å². The van der Waals surface area contributed by atoms with Crippen LogP contribution in [0.25, 0.3) is 0 Å². The smallest absolute Gasteiger partial charge is 0.261 e. The molecule has 1 aromatic carbocycles. The fraction of sp³-hybridized carbons (Fsp3) is 0.300. The molecule has 0 aliphatic heterocycles. The maximum absolute atomic E-state index is 11.7. The Morgan fingerprint density at radius 1 is 1.29 bits per heavy atom. The second-order valence-corrected chi connectivity index (χ2v) is 6.66. The van der Waals surface area contributed by atoms with Gasteiger partial charge in [0.25, 0.3) is 15.0 Å². The predicted molar refractivity (Wildman–Crippen MR) is 67.2 cm³/mol. The highest BCUT2D eigenvalue weighted by atomic mass is 35.7. The molecule has 0 aliphatic carbocycles. The molecule has 0 saturated heterocycles. The van der Waals surface area contributed by atoms with Crippen LogP contribution in [0.5, 0.6) is 0 Å². The van der Waals surface area contributed by atoms with Crippen molar-refractivity contribution < 1.29 is 13.2 Å². The maximum Gasteiger partial charge on any atom is 0.261 e. The van der Waals surface area contributed by atoms with Crippen molar-refractivity contribution in [1.29, 1.82) is 0 Å². The van der Waals surface area contributed by atoms with Crippen LogP contribution < -0.4 is 0 Å². The first-order chi connectivity index (χ1) is 7.64. The number of hydrogen-bond acceptors (Lipinski definition) is 3. The number of rotatable bonds is 2. The van der Waals surface area contributed by atoms with Crippen molar-refractivity contribution in [3.05, 3.63) is 28.3 Å². The Bertz CT molecular complexity index is 567. The second kappa shape index (κ2) is 4.84. The molecule has 0 aromatic heterocycles. The molecule has 0 aliphatic rings. The molecule has 0 bridgehead atoms. The lowest BCUT2D eigenvalue weighted by atomic mass is 10.1. The van der Waals surface area contributed by atoms with Crippen molar-refractivity contribution in [3.8, 4) is 0 Å². The highest BCUT2D eigenvalue weighted by molar-refractivity contribution is 8.13. The van der Waals surface area contributed by atoms with E-state index in [2.05, 4.69) is 0 Å². The first-order valence-electron chi connectivity index (χ1n) is 4.61. The van der Waals surface area contributed by atoms with Crippen molar-refractivity contribution in [3.63, 3.8) is 0 Å². The molecule has 4 nitrogen and oxygen atoms in total. The zero-order valence-corrected chi connectivity index (χ0v) is 11.8. The summed E-state index contributed by atoms with van der Waals surface area (Å²) < 4.78 is 22.7. The van der Waals surface area contributed by atoms with Crippen molar-refractivity contribution in [2.24, 2.45) is 0 Å². The van der Waals surface area contributed by atoms with Gasteiger partial charge in [-0.1, -0.05) is 11.6 Å². The Kier molecular flexibility index (Phi) is 4.06. The molecule has 0 atom stereocenters. The summed E-state index contributed by atoms with van der Waals surface area (Å²) in [6.07, 6.45) is 0. The maximum atomic E-state index is 11.7. The second-order valence-electron chi connectivity index (χ2n) is 3.72. The Morgan fingerprint density at radius 3 is 2.24 bits per heavy atom. The van der Waals surface area contributed by atoms with Gasteiger partial charge in [-0.3, -0.25) is 4.79 Å². The molecule has 0 saturated carbocycles. The summed E-state index contributed by atoms with van der Waals surface area (Å²) in [4.78, 5) is 12.9. The van der Waals surface area contributed by atoms with Gasteiger partial charge in [0, 0.05) is 35.4 Å². The number of hydrogen-bond donors (Lipinski definition) is 0. The first kappa shape index (κ1) is 14.3. The normalized spacial score (nSPS) is 11.4. The highest BCUT2D eigenvalue weighted by Crippen LogP contribution is 2.28.